The van der Waals surface area contributed by atoms with Gasteiger partial charge < -0.3 is 20.4 Å². The second kappa shape index (κ2) is 5.15. The van der Waals surface area contributed by atoms with Crippen LogP contribution in [0.1, 0.15) is 6.42 Å². The maximum Gasteiger partial charge on any atom is 0.205 e. The van der Waals surface area contributed by atoms with Crippen molar-refractivity contribution in [3.05, 3.63) is 6.33 Å². The van der Waals surface area contributed by atoms with Crippen molar-refractivity contribution in [2.75, 3.05) is 38.0 Å². The number of aromatic nitrogens is 2. The van der Waals surface area contributed by atoms with E-state index >= 15 is 0 Å². The van der Waals surface area contributed by atoms with Crippen LogP contribution in [0.2, 0.25) is 0 Å². The quantitative estimate of drug-likeness (QED) is 0.498. The lowest BCUT2D eigenvalue weighted by Gasteiger charge is -2.16. The Morgan fingerprint density at radius 2 is 2.24 bits per heavy atom. The molecular formula is C10H18N6O. The van der Waals surface area contributed by atoms with Gasteiger partial charge in [-0.3, -0.25) is 0 Å². The van der Waals surface area contributed by atoms with Crippen LogP contribution in [0.4, 0.5) is 11.6 Å². The predicted molar refractivity (Wildman–Crippen MR) is 65.9 cm³/mol. The minimum atomic E-state index is 0.384. The fourth-order valence-corrected chi connectivity index (χ4v) is 2.02. The van der Waals surface area contributed by atoms with E-state index in [1.165, 1.54) is 6.33 Å². The molecule has 1 atom stereocenters. The molecule has 17 heavy (non-hydrogen) atoms. The van der Waals surface area contributed by atoms with Gasteiger partial charge in [0.25, 0.3) is 0 Å². The Morgan fingerprint density at radius 3 is 2.82 bits per heavy atom. The van der Waals surface area contributed by atoms with E-state index in [0.29, 0.717) is 23.4 Å². The molecule has 7 heteroatoms. The highest BCUT2D eigenvalue weighted by molar-refractivity contribution is 5.63. The molecule has 2 heterocycles. The average Bonchev–Trinajstić information content (AvgIpc) is 2.74. The maximum atomic E-state index is 5.37. The van der Waals surface area contributed by atoms with E-state index < -0.39 is 0 Å². The van der Waals surface area contributed by atoms with Crippen molar-refractivity contribution in [1.82, 2.24) is 14.9 Å². The van der Waals surface area contributed by atoms with Gasteiger partial charge in [0.2, 0.25) is 5.75 Å². The highest BCUT2D eigenvalue weighted by Crippen LogP contribution is 2.29. The summed E-state index contributed by atoms with van der Waals surface area (Å²) < 4.78 is 5.26. The summed E-state index contributed by atoms with van der Waals surface area (Å²) in [7, 11) is 3.68. The number of hydrogen-bond donors (Lipinski definition) is 3. The van der Waals surface area contributed by atoms with Gasteiger partial charge in [-0.1, -0.05) is 0 Å². The van der Waals surface area contributed by atoms with Crippen LogP contribution in [0.25, 0.3) is 0 Å². The molecule has 94 valence electrons. The van der Waals surface area contributed by atoms with Gasteiger partial charge in [0, 0.05) is 12.6 Å². The zero-order valence-electron chi connectivity index (χ0n) is 10.1. The standard InChI is InChI=1S/C10H18N6O/c1-16-4-3-7(5-16)14-9-8(17-2)10(15-11)13-6-12-9/h6-7H,3-5,11H2,1-2H3,(H2,12,13,14,15). The normalized spacial score (nSPS) is 20.3. The smallest absolute Gasteiger partial charge is 0.205 e. The first-order valence-electron chi connectivity index (χ1n) is 5.55. The SMILES string of the molecule is COc1c(NN)ncnc1NC1CCN(C)C1. The molecule has 0 radical (unpaired) electrons. The topological polar surface area (TPSA) is 88.3 Å². The Bertz CT molecular complexity index is 385. The van der Waals surface area contributed by atoms with Gasteiger partial charge in [-0.15, -0.1) is 0 Å². The number of ether oxygens (including phenoxy) is 1. The van der Waals surface area contributed by atoms with Crippen LogP contribution in [0.5, 0.6) is 5.75 Å². The molecule has 0 aliphatic carbocycles. The molecule has 0 amide bonds. The van der Waals surface area contributed by atoms with Crippen LogP contribution in [-0.2, 0) is 0 Å². The molecule has 1 unspecified atom stereocenters. The van der Waals surface area contributed by atoms with E-state index in [0.717, 1.165) is 19.5 Å². The molecule has 7 nitrogen and oxygen atoms in total. The van der Waals surface area contributed by atoms with Gasteiger partial charge >= 0.3 is 0 Å². The van der Waals surface area contributed by atoms with Crippen LogP contribution in [-0.4, -0.2) is 48.2 Å². The fourth-order valence-electron chi connectivity index (χ4n) is 2.02. The van der Waals surface area contributed by atoms with Crippen LogP contribution < -0.4 is 21.3 Å². The number of rotatable bonds is 4. The largest absolute Gasteiger partial charge is 0.490 e. The van der Waals surface area contributed by atoms with Gasteiger partial charge in [-0.25, -0.2) is 15.8 Å². The van der Waals surface area contributed by atoms with E-state index in [-0.39, 0.29) is 0 Å². The molecule has 1 fully saturated rings. The van der Waals surface area contributed by atoms with Crippen molar-refractivity contribution in [2.24, 2.45) is 5.84 Å². The second-order valence-corrected chi connectivity index (χ2v) is 4.14. The van der Waals surface area contributed by atoms with E-state index in [1.807, 2.05) is 0 Å². The monoisotopic (exact) mass is 238 g/mol. The molecule has 2 rings (SSSR count). The van der Waals surface area contributed by atoms with E-state index in [2.05, 4.69) is 32.7 Å². The van der Waals surface area contributed by atoms with Crippen molar-refractivity contribution in [2.45, 2.75) is 12.5 Å². The first kappa shape index (κ1) is 11.9. The van der Waals surface area contributed by atoms with Crippen LogP contribution >= 0.6 is 0 Å². The van der Waals surface area contributed by atoms with Gasteiger partial charge in [0.1, 0.15) is 6.33 Å². The summed E-state index contributed by atoms with van der Waals surface area (Å²) in [6, 6.07) is 0.384. The number of likely N-dealkylation sites (N-methyl/N-ethyl adjacent to an activating group) is 1. The minimum absolute atomic E-state index is 0.384. The maximum absolute atomic E-state index is 5.37. The summed E-state index contributed by atoms with van der Waals surface area (Å²) in [4.78, 5) is 10.5. The Kier molecular flexibility index (Phi) is 3.60. The average molecular weight is 238 g/mol. The number of anilines is 2. The summed E-state index contributed by atoms with van der Waals surface area (Å²) in [5.41, 5.74) is 2.49. The summed E-state index contributed by atoms with van der Waals surface area (Å²) in [6.45, 7) is 2.09. The van der Waals surface area contributed by atoms with Crippen LogP contribution in [0, 0.1) is 0 Å². The Labute approximate surface area is 100 Å². The third-order valence-corrected chi connectivity index (χ3v) is 2.88. The fraction of sp³-hybridized carbons (Fsp3) is 0.600. The molecule has 0 bridgehead atoms. The molecule has 4 N–H and O–H groups in total. The lowest BCUT2D eigenvalue weighted by atomic mass is 10.2. The summed E-state index contributed by atoms with van der Waals surface area (Å²) in [6.07, 6.45) is 2.55. The molecule has 0 saturated carbocycles. The number of nitrogen functional groups attached to an aromatic ring is 1. The van der Waals surface area contributed by atoms with Crippen LogP contribution in [0.15, 0.2) is 6.33 Å². The minimum Gasteiger partial charge on any atom is -0.490 e. The zero-order chi connectivity index (χ0) is 12.3. The van der Waals surface area contributed by atoms with Gasteiger partial charge in [-0.05, 0) is 20.0 Å². The number of hydrogen-bond acceptors (Lipinski definition) is 7. The van der Waals surface area contributed by atoms with Crippen molar-refractivity contribution >= 4 is 11.6 Å². The summed E-state index contributed by atoms with van der Waals surface area (Å²) in [5.74, 6) is 7.07. The van der Waals surface area contributed by atoms with Crippen molar-refractivity contribution in [1.29, 1.82) is 0 Å². The molecule has 1 aliphatic rings. The Hall–Kier alpha value is -1.60. The number of likely N-dealkylation sites (tertiary alicyclic amines) is 1. The van der Waals surface area contributed by atoms with E-state index in [1.54, 1.807) is 7.11 Å². The number of methoxy groups -OCH3 is 1. The lowest BCUT2D eigenvalue weighted by molar-refractivity contribution is 0.409. The van der Waals surface area contributed by atoms with Crippen molar-refractivity contribution in [3.8, 4) is 5.75 Å². The van der Waals surface area contributed by atoms with E-state index in [9.17, 15) is 0 Å². The first-order chi connectivity index (χ1) is 8.24. The second-order valence-electron chi connectivity index (χ2n) is 4.14. The van der Waals surface area contributed by atoms with Crippen molar-refractivity contribution < 1.29 is 4.74 Å². The van der Waals surface area contributed by atoms with E-state index in [4.69, 9.17) is 10.6 Å². The molecule has 1 aliphatic heterocycles. The summed E-state index contributed by atoms with van der Waals surface area (Å²) in [5, 5.41) is 3.35. The van der Waals surface area contributed by atoms with Crippen molar-refractivity contribution in [3.63, 3.8) is 0 Å². The third-order valence-electron chi connectivity index (χ3n) is 2.88. The molecule has 1 aromatic rings. The number of nitrogens with one attached hydrogen (secondary N) is 2. The highest BCUT2D eigenvalue weighted by atomic mass is 16.5. The number of hydrazine groups is 1. The zero-order valence-corrected chi connectivity index (χ0v) is 10.1. The lowest BCUT2D eigenvalue weighted by Crippen LogP contribution is -2.24. The first-order valence-corrected chi connectivity index (χ1v) is 5.55. The Balaban J connectivity index is 2.14. The predicted octanol–water partition coefficient (Wildman–Crippen LogP) is -0.113. The number of nitrogens with two attached hydrogens (primary N) is 1. The molecular weight excluding hydrogens is 220 g/mol. The summed E-state index contributed by atoms with van der Waals surface area (Å²) >= 11 is 0. The molecule has 0 spiro atoms. The number of nitrogens with zero attached hydrogens (tertiary/aromatic N) is 3. The molecule has 1 saturated heterocycles. The highest BCUT2D eigenvalue weighted by Gasteiger charge is 2.21. The Morgan fingerprint density at radius 1 is 1.47 bits per heavy atom. The van der Waals surface area contributed by atoms with Gasteiger partial charge in [-0.2, -0.15) is 0 Å². The van der Waals surface area contributed by atoms with Gasteiger partial charge in [0.05, 0.1) is 7.11 Å². The molecule has 1 aromatic heterocycles. The molecule has 0 aromatic carbocycles. The third kappa shape index (κ3) is 2.56. The van der Waals surface area contributed by atoms with Crippen LogP contribution in [0.3, 0.4) is 0 Å². The van der Waals surface area contributed by atoms with Gasteiger partial charge in [0.15, 0.2) is 11.6 Å².